The second-order valence-corrected chi connectivity index (χ2v) is 5.56. The van der Waals surface area contributed by atoms with Gasteiger partial charge in [-0.05, 0) is 35.4 Å². The van der Waals surface area contributed by atoms with E-state index >= 15 is 0 Å². The van der Waals surface area contributed by atoms with Crippen molar-refractivity contribution < 1.29 is 27.4 Å². The maximum Gasteiger partial charge on any atom is 0.416 e. The molecule has 6 heteroatoms. The molecule has 0 aliphatic carbocycles. The van der Waals surface area contributed by atoms with Crippen LogP contribution in [0.4, 0.5) is 13.2 Å². The van der Waals surface area contributed by atoms with Crippen molar-refractivity contribution >= 4 is 0 Å². The van der Waals surface area contributed by atoms with Crippen LogP contribution in [0.1, 0.15) is 22.6 Å². The summed E-state index contributed by atoms with van der Waals surface area (Å²) in [4.78, 5) is 0. The van der Waals surface area contributed by atoms with Crippen molar-refractivity contribution in [1.82, 2.24) is 0 Å². The first-order valence-electron chi connectivity index (χ1n) is 7.49. The van der Waals surface area contributed by atoms with Gasteiger partial charge in [0.05, 0.1) is 25.4 Å². The first-order valence-corrected chi connectivity index (χ1v) is 7.49. The van der Waals surface area contributed by atoms with E-state index in [0.717, 1.165) is 23.3 Å². The summed E-state index contributed by atoms with van der Waals surface area (Å²) in [7, 11) is 1.58. The zero-order valence-electron chi connectivity index (χ0n) is 13.0. The smallest absolute Gasteiger partial charge is 0.416 e. The number of ether oxygens (including phenoxy) is 3. The first-order chi connectivity index (χ1) is 11.5. The molecule has 0 aromatic heterocycles. The Morgan fingerprint density at radius 3 is 2.04 bits per heavy atom. The van der Waals surface area contributed by atoms with Crippen LogP contribution in [0.3, 0.4) is 0 Å². The summed E-state index contributed by atoms with van der Waals surface area (Å²) in [6.07, 6.45) is -4.59. The van der Waals surface area contributed by atoms with E-state index in [1.54, 1.807) is 7.11 Å². The van der Waals surface area contributed by atoms with Crippen LogP contribution in [0, 0.1) is 0 Å². The first kappa shape index (κ1) is 16.8. The Morgan fingerprint density at radius 2 is 1.58 bits per heavy atom. The third-order valence-corrected chi connectivity index (χ3v) is 4.09. The van der Waals surface area contributed by atoms with E-state index in [4.69, 9.17) is 14.2 Å². The Labute approximate surface area is 138 Å². The van der Waals surface area contributed by atoms with Gasteiger partial charge in [0.1, 0.15) is 12.5 Å². The van der Waals surface area contributed by atoms with Crippen LogP contribution in [-0.2, 0) is 15.7 Å². The predicted molar refractivity (Wildman–Crippen MR) is 82.0 cm³/mol. The van der Waals surface area contributed by atoms with E-state index < -0.39 is 11.7 Å². The number of benzene rings is 2. The quantitative estimate of drug-likeness (QED) is 0.835. The minimum atomic E-state index is -4.35. The molecule has 2 aromatic rings. The maximum atomic E-state index is 12.8. The van der Waals surface area contributed by atoms with E-state index in [1.165, 1.54) is 12.1 Å². The summed E-state index contributed by atoms with van der Waals surface area (Å²) in [5, 5.41) is 0. The van der Waals surface area contributed by atoms with Crippen LogP contribution < -0.4 is 4.74 Å². The molecule has 1 heterocycles. The van der Waals surface area contributed by atoms with Crippen LogP contribution >= 0.6 is 0 Å². The molecule has 0 N–H and O–H groups in total. The minimum absolute atomic E-state index is 0.192. The molecule has 3 rings (SSSR count). The molecule has 0 bridgehead atoms. The highest BCUT2D eigenvalue weighted by Crippen LogP contribution is 2.35. The molecule has 2 aromatic carbocycles. The molecule has 0 spiro atoms. The van der Waals surface area contributed by atoms with Crippen molar-refractivity contribution in [3.8, 4) is 5.75 Å². The highest BCUT2D eigenvalue weighted by atomic mass is 19.4. The van der Waals surface area contributed by atoms with E-state index in [1.807, 2.05) is 24.3 Å². The fourth-order valence-electron chi connectivity index (χ4n) is 2.85. The molecule has 0 radical (unpaired) electrons. The lowest BCUT2D eigenvalue weighted by Crippen LogP contribution is -2.22. The average Bonchev–Trinajstić information content (AvgIpc) is 3.09. The number of methoxy groups -OCH3 is 1. The maximum absolute atomic E-state index is 12.8. The van der Waals surface area contributed by atoms with Gasteiger partial charge in [-0.25, -0.2) is 0 Å². The van der Waals surface area contributed by atoms with Crippen molar-refractivity contribution in [2.24, 2.45) is 0 Å². The molecular formula is C18H17F3O3. The van der Waals surface area contributed by atoms with Crippen molar-refractivity contribution in [2.45, 2.75) is 18.2 Å². The van der Waals surface area contributed by atoms with Gasteiger partial charge in [-0.1, -0.05) is 24.3 Å². The van der Waals surface area contributed by atoms with Gasteiger partial charge in [-0.15, -0.1) is 0 Å². The fraction of sp³-hybridized carbons (Fsp3) is 0.333. The molecule has 0 unspecified atom stereocenters. The van der Waals surface area contributed by atoms with Gasteiger partial charge in [0.25, 0.3) is 0 Å². The largest absolute Gasteiger partial charge is 0.497 e. The summed E-state index contributed by atoms with van der Waals surface area (Å²) in [6.45, 7) is 0.593. The third-order valence-electron chi connectivity index (χ3n) is 4.09. The van der Waals surface area contributed by atoms with Crippen LogP contribution in [0.15, 0.2) is 48.5 Å². The lowest BCUT2D eigenvalue weighted by Gasteiger charge is -2.23. The minimum Gasteiger partial charge on any atom is -0.497 e. The third kappa shape index (κ3) is 3.55. The molecule has 1 aliphatic heterocycles. The Kier molecular flexibility index (Phi) is 4.78. The van der Waals surface area contributed by atoms with Gasteiger partial charge >= 0.3 is 6.18 Å². The van der Waals surface area contributed by atoms with Gasteiger partial charge in [0.2, 0.25) is 0 Å². The van der Waals surface area contributed by atoms with E-state index in [0.29, 0.717) is 12.4 Å². The molecule has 0 saturated carbocycles. The average molecular weight is 338 g/mol. The van der Waals surface area contributed by atoms with E-state index in [2.05, 4.69) is 0 Å². The number of halogens is 3. The van der Waals surface area contributed by atoms with Crippen LogP contribution in [0.25, 0.3) is 0 Å². The number of hydrogen-bond acceptors (Lipinski definition) is 3. The normalized spacial score (nSPS) is 19.2. The van der Waals surface area contributed by atoms with Crippen LogP contribution in [-0.4, -0.2) is 26.6 Å². The van der Waals surface area contributed by atoms with Crippen molar-refractivity contribution in [1.29, 1.82) is 0 Å². The number of hydrogen-bond donors (Lipinski definition) is 0. The van der Waals surface area contributed by atoms with Gasteiger partial charge in [0, 0.05) is 5.92 Å². The molecule has 1 fully saturated rings. The Balaban J connectivity index is 1.95. The molecule has 128 valence electrons. The number of rotatable bonds is 4. The lowest BCUT2D eigenvalue weighted by molar-refractivity contribution is -0.137. The van der Waals surface area contributed by atoms with Gasteiger partial charge in [0.15, 0.2) is 0 Å². The summed E-state index contributed by atoms with van der Waals surface area (Å²) < 4.78 is 54.3. The zero-order chi connectivity index (χ0) is 17.2. The molecule has 1 saturated heterocycles. The summed E-state index contributed by atoms with van der Waals surface area (Å²) in [6, 6.07) is 12.6. The monoisotopic (exact) mass is 338 g/mol. The highest BCUT2D eigenvalue weighted by molar-refractivity contribution is 5.38. The summed E-state index contributed by atoms with van der Waals surface area (Å²) in [5.41, 5.74) is 1.03. The SMILES string of the molecule is COc1ccc([C@H](c2ccc(C(F)(F)F)cc2)[C@@H]2COCO2)cc1. The van der Waals surface area contributed by atoms with Crippen LogP contribution in [0.5, 0.6) is 5.75 Å². The molecular weight excluding hydrogens is 321 g/mol. The predicted octanol–water partition coefficient (Wildman–Crippen LogP) is 4.22. The molecule has 2 atom stereocenters. The van der Waals surface area contributed by atoms with Crippen LogP contribution in [0.2, 0.25) is 0 Å². The molecule has 0 amide bonds. The van der Waals surface area contributed by atoms with E-state index in [9.17, 15) is 13.2 Å². The zero-order valence-corrected chi connectivity index (χ0v) is 13.0. The molecule has 1 aliphatic rings. The number of alkyl halides is 3. The van der Waals surface area contributed by atoms with Crippen molar-refractivity contribution in [3.63, 3.8) is 0 Å². The lowest BCUT2D eigenvalue weighted by atomic mass is 9.86. The second kappa shape index (κ2) is 6.83. The standard InChI is InChI=1S/C18H17F3O3/c1-22-15-8-4-13(5-9-15)17(16-10-23-11-24-16)12-2-6-14(7-3-12)18(19,20)21/h2-9,16-17H,10-11H2,1H3/t16-,17-/m0/s1. The van der Waals surface area contributed by atoms with E-state index in [-0.39, 0.29) is 18.8 Å². The fourth-order valence-corrected chi connectivity index (χ4v) is 2.85. The van der Waals surface area contributed by atoms with Gasteiger partial charge in [-0.3, -0.25) is 0 Å². The van der Waals surface area contributed by atoms with Gasteiger partial charge < -0.3 is 14.2 Å². The Bertz CT molecular complexity index is 659. The van der Waals surface area contributed by atoms with Crippen molar-refractivity contribution in [3.05, 3.63) is 65.2 Å². The Hall–Kier alpha value is -2.05. The summed E-state index contributed by atoms with van der Waals surface area (Å²) >= 11 is 0. The highest BCUT2D eigenvalue weighted by Gasteiger charge is 2.32. The molecule has 3 nitrogen and oxygen atoms in total. The van der Waals surface area contributed by atoms with Crippen molar-refractivity contribution in [2.75, 3.05) is 20.5 Å². The molecule has 24 heavy (non-hydrogen) atoms. The second-order valence-electron chi connectivity index (χ2n) is 5.56. The van der Waals surface area contributed by atoms with Gasteiger partial charge in [-0.2, -0.15) is 13.2 Å². The summed E-state index contributed by atoms with van der Waals surface area (Å²) in [5.74, 6) is 0.509. The Morgan fingerprint density at radius 1 is 1.00 bits per heavy atom. The topological polar surface area (TPSA) is 27.7 Å².